The van der Waals surface area contributed by atoms with Gasteiger partial charge < -0.3 is 21.7 Å². The predicted molar refractivity (Wildman–Crippen MR) is 67.5 cm³/mol. The highest BCUT2D eigenvalue weighted by molar-refractivity contribution is 5.92. The molecule has 0 rings (SSSR count). The van der Waals surface area contributed by atoms with Crippen LogP contribution >= 0.6 is 0 Å². The molecule has 7 nitrogen and oxygen atoms in total. The smallest absolute Gasteiger partial charge is 0.242 e. The fraction of sp³-hybridized carbons (Fsp3) is 0.727. The molecule has 0 aliphatic heterocycles. The summed E-state index contributed by atoms with van der Waals surface area (Å²) < 4.78 is 0. The van der Waals surface area contributed by atoms with Crippen molar-refractivity contribution in [3.05, 3.63) is 0 Å². The predicted octanol–water partition coefficient (Wildman–Crippen LogP) is -1.52. The van der Waals surface area contributed by atoms with Crippen molar-refractivity contribution >= 4 is 17.7 Å². The second-order valence-electron chi connectivity index (χ2n) is 4.14. The van der Waals surface area contributed by atoms with E-state index in [9.17, 15) is 14.4 Å². The lowest BCUT2D eigenvalue weighted by Gasteiger charge is -2.18. The number of nitrogens with one attached hydrogen (secondary N) is 3. The average Bonchev–Trinajstić information content (AvgIpc) is 2.28. The fourth-order valence-corrected chi connectivity index (χ4v) is 1.14. The summed E-state index contributed by atoms with van der Waals surface area (Å²) in [6.45, 7) is 6.91. The van der Waals surface area contributed by atoms with Gasteiger partial charge in [-0.3, -0.25) is 14.4 Å². The summed E-state index contributed by atoms with van der Waals surface area (Å²) in [4.78, 5) is 34.4. The highest BCUT2D eigenvalue weighted by Gasteiger charge is 2.21. The summed E-state index contributed by atoms with van der Waals surface area (Å²) >= 11 is 0. The number of nitrogens with two attached hydrogens (primary N) is 1. The molecule has 0 aliphatic carbocycles. The van der Waals surface area contributed by atoms with Crippen LogP contribution in [0.5, 0.6) is 0 Å². The van der Waals surface area contributed by atoms with Crippen LogP contribution in [-0.2, 0) is 14.4 Å². The molecule has 0 aliphatic rings. The van der Waals surface area contributed by atoms with Crippen molar-refractivity contribution < 1.29 is 14.4 Å². The van der Waals surface area contributed by atoms with E-state index < -0.39 is 29.9 Å². The zero-order chi connectivity index (χ0) is 14.3. The van der Waals surface area contributed by atoms with Gasteiger partial charge >= 0.3 is 0 Å². The first-order valence-corrected chi connectivity index (χ1v) is 5.93. The maximum Gasteiger partial charge on any atom is 0.242 e. The molecule has 3 atom stereocenters. The number of hydrogen-bond donors (Lipinski definition) is 4. The Balaban J connectivity index is 4.23. The van der Waals surface area contributed by atoms with Gasteiger partial charge in [0.15, 0.2) is 0 Å². The molecule has 7 heteroatoms. The third kappa shape index (κ3) is 5.62. The van der Waals surface area contributed by atoms with Crippen LogP contribution in [0.4, 0.5) is 0 Å². The van der Waals surface area contributed by atoms with E-state index in [-0.39, 0.29) is 5.91 Å². The lowest BCUT2D eigenvalue weighted by atomic mass is 10.2. The van der Waals surface area contributed by atoms with Crippen molar-refractivity contribution in [1.29, 1.82) is 0 Å². The molecule has 104 valence electrons. The summed E-state index contributed by atoms with van der Waals surface area (Å²) in [6.07, 6.45) is 0. The Kier molecular flexibility index (Phi) is 6.96. The maximum atomic E-state index is 11.7. The Labute approximate surface area is 107 Å². The van der Waals surface area contributed by atoms with E-state index in [4.69, 9.17) is 5.73 Å². The van der Waals surface area contributed by atoms with Gasteiger partial charge in [0.25, 0.3) is 0 Å². The van der Waals surface area contributed by atoms with Gasteiger partial charge in [0.2, 0.25) is 17.7 Å². The average molecular weight is 258 g/mol. The molecular weight excluding hydrogens is 236 g/mol. The maximum absolute atomic E-state index is 11.7. The van der Waals surface area contributed by atoms with Gasteiger partial charge in [-0.05, 0) is 27.7 Å². The van der Waals surface area contributed by atoms with Crippen molar-refractivity contribution in [2.75, 3.05) is 6.54 Å². The third-order valence-electron chi connectivity index (χ3n) is 2.27. The summed E-state index contributed by atoms with van der Waals surface area (Å²) in [5.41, 5.74) is 5.37. The lowest BCUT2D eigenvalue weighted by Crippen LogP contribution is -2.53. The second-order valence-corrected chi connectivity index (χ2v) is 4.14. The number of hydrogen-bond acceptors (Lipinski definition) is 4. The highest BCUT2D eigenvalue weighted by atomic mass is 16.2. The molecule has 0 radical (unpaired) electrons. The van der Waals surface area contributed by atoms with Crippen molar-refractivity contribution in [3.63, 3.8) is 0 Å². The summed E-state index contributed by atoms with van der Waals surface area (Å²) in [5.74, 6) is -1.11. The van der Waals surface area contributed by atoms with E-state index in [1.807, 2.05) is 0 Å². The second kappa shape index (κ2) is 7.65. The number of carbonyl (C=O) groups excluding carboxylic acids is 3. The Bertz CT molecular complexity index is 317. The molecule has 0 saturated carbocycles. The number of likely N-dealkylation sites (N-methyl/N-ethyl adjacent to an activating group) is 1. The van der Waals surface area contributed by atoms with Crippen molar-refractivity contribution in [2.45, 2.75) is 45.8 Å². The van der Waals surface area contributed by atoms with Crippen LogP contribution in [0.2, 0.25) is 0 Å². The molecule has 0 bridgehead atoms. The van der Waals surface area contributed by atoms with E-state index in [1.54, 1.807) is 13.8 Å². The van der Waals surface area contributed by atoms with Gasteiger partial charge in [-0.15, -0.1) is 0 Å². The molecule has 5 N–H and O–H groups in total. The highest BCUT2D eigenvalue weighted by Crippen LogP contribution is 1.88. The molecule has 0 heterocycles. The van der Waals surface area contributed by atoms with E-state index in [2.05, 4.69) is 16.0 Å². The van der Waals surface area contributed by atoms with E-state index in [1.165, 1.54) is 13.8 Å². The van der Waals surface area contributed by atoms with E-state index in [0.29, 0.717) is 6.54 Å². The normalized spacial score (nSPS) is 15.2. The van der Waals surface area contributed by atoms with Crippen LogP contribution < -0.4 is 21.7 Å². The zero-order valence-corrected chi connectivity index (χ0v) is 11.2. The zero-order valence-electron chi connectivity index (χ0n) is 11.2. The molecule has 0 aromatic heterocycles. The van der Waals surface area contributed by atoms with Crippen LogP contribution in [-0.4, -0.2) is 42.4 Å². The first-order chi connectivity index (χ1) is 8.29. The fourth-order valence-electron chi connectivity index (χ4n) is 1.14. The van der Waals surface area contributed by atoms with Crippen molar-refractivity contribution in [2.24, 2.45) is 5.73 Å². The lowest BCUT2D eigenvalue weighted by molar-refractivity contribution is -0.131. The molecule has 0 spiro atoms. The number of amides is 3. The summed E-state index contributed by atoms with van der Waals surface area (Å²) in [7, 11) is 0. The van der Waals surface area contributed by atoms with Crippen LogP contribution in [0.3, 0.4) is 0 Å². The first kappa shape index (κ1) is 16.4. The van der Waals surface area contributed by atoms with Gasteiger partial charge in [-0.25, -0.2) is 0 Å². The number of carbonyl (C=O) groups is 3. The first-order valence-electron chi connectivity index (χ1n) is 5.93. The van der Waals surface area contributed by atoms with Gasteiger partial charge in [0.1, 0.15) is 12.1 Å². The Morgan fingerprint density at radius 3 is 1.83 bits per heavy atom. The molecule has 0 unspecified atom stereocenters. The third-order valence-corrected chi connectivity index (χ3v) is 2.27. The Hall–Kier alpha value is -1.63. The molecule has 0 saturated heterocycles. The molecule has 3 amide bonds. The van der Waals surface area contributed by atoms with Crippen LogP contribution in [0, 0.1) is 0 Å². The van der Waals surface area contributed by atoms with Crippen LogP contribution in [0.1, 0.15) is 27.7 Å². The minimum atomic E-state index is -0.736. The topological polar surface area (TPSA) is 113 Å². The van der Waals surface area contributed by atoms with Crippen molar-refractivity contribution in [1.82, 2.24) is 16.0 Å². The SMILES string of the molecule is CCNC(=O)[C@H](C)NC(=O)[C@H](C)NC(=O)[C@H](C)N. The molecule has 0 fully saturated rings. The minimum Gasteiger partial charge on any atom is -0.355 e. The van der Waals surface area contributed by atoms with Gasteiger partial charge in [0.05, 0.1) is 6.04 Å². The van der Waals surface area contributed by atoms with Gasteiger partial charge in [0, 0.05) is 6.54 Å². The molecule has 0 aromatic rings. The minimum absolute atomic E-state index is 0.267. The summed E-state index contributed by atoms with van der Waals surface area (Å²) in [6, 6.07) is -2.06. The van der Waals surface area contributed by atoms with E-state index >= 15 is 0 Å². The largest absolute Gasteiger partial charge is 0.355 e. The number of rotatable bonds is 6. The van der Waals surface area contributed by atoms with Gasteiger partial charge in [-0.1, -0.05) is 0 Å². The van der Waals surface area contributed by atoms with Crippen LogP contribution in [0.15, 0.2) is 0 Å². The quantitative estimate of drug-likeness (QED) is 0.463. The monoisotopic (exact) mass is 258 g/mol. The molecular formula is C11H22N4O3. The van der Waals surface area contributed by atoms with E-state index in [0.717, 1.165) is 0 Å². The molecule has 18 heavy (non-hydrogen) atoms. The summed E-state index contributed by atoms with van der Waals surface area (Å²) in [5, 5.41) is 7.54. The standard InChI is InChI=1S/C11H22N4O3/c1-5-13-10(17)7(3)15-11(18)8(4)14-9(16)6(2)12/h6-8H,5,12H2,1-4H3,(H,13,17)(H,14,16)(H,15,18)/t6-,7-,8-/m0/s1. The van der Waals surface area contributed by atoms with Crippen molar-refractivity contribution in [3.8, 4) is 0 Å². The molecule has 0 aromatic carbocycles. The van der Waals surface area contributed by atoms with Crippen LogP contribution in [0.25, 0.3) is 0 Å². The Morgan fingerprint density at radius 1 is 0.944 bits per heavy atom. The Morgan fingerprint density at radius 2 is 1.39 bits per heavy atom. The van der Waals surface area contributed by atoms with Gasteiger partial charge in [-0.2, -0.15) is 0 Å².